The first-order valence-electron chi connectivity index (χ1n) is 6.27. The zero-order valence-corrected chi connectivity index (χ0v) is 10.2. The van der Waals surface area contributed by atoms with Crippen molar-refractivity contribution in [3.05, 3.63) is 29.8 Å². The topological polar surface area (TPSA) is 52.3 Å². The molecular weight excluding hydrogens is 214 g/mol. The Hall–Kier alpha value is -1.35. The minimum absolute atomic E-state index is 0.00750. The lowest BCUT2D eigenvalue weighted by Gasteiger charge is -2.10. The molecule has 0 aliphatic heterocycles. The number of rotatable bonds is 6. The molecule has 1 aliphatic rings. The second kappa shape index (κ2) is 5.32. The summed E-state index contributed by atoms with van der Waals surface area (Å²) in [5, 5.41) is 0. The maximum Gasteiger partial charge on any atom is 0.179 e. The quantitative estimate of drug-likeness (QED) is 0.768. The van der Waals surface area contributed by atoms with E-state index in [-0.39, 0.29) is 5.78 Å². The van der Waals surface area contributed by atoms with Gasteiger partial charge in [-0.05, 0) is 31.4 Å². The van der Waals surface area contributed by atoms with E-state index in [0.29, 0.717) is 11.7 Å². The van der Waals surface area contributed by atoms with E-state index in [1.165, 1.54) is 0 Å². The van der Waals surface area contributed by atoms with Gasteiger partial charge < -0.3 is 10.5 Å². The Balaban J connectivity index is 2.05. The molecule has 3 heteroatoms. The van der Waals surface area contributed by atoms with Gasteiger partial charge in [-0.15, -0.1) is 0 Å². The molecule has 0 saturated heterocycles. The molecule has 1 aromatic carbocycles. The van der Waals surface area contributed by atoms with Crippen molar-refractivity contribution in [1.82, 2.24) is 0 Å². The molecule has 1 fully saturated rings. The molecule has 1 aromatic rings. The van der Waals surface area contributed by atoms with Crippen molar-refractivity contribution in [3.63, 3.8) is 0 Å². The lowest BCUT2D eigenvalue weighted by atomic mass is 10.0. The van der Waals surface area contributed by atoms with Crippen molar-refractivity contribution < 1.29 is 9.53 Å². The molecule has 1 atom stereocenters. The van der Waals surface area contributed by atoms with E-state index >= 15 is 0 Å². The molecule has 0 amide bonds. The second-order valence-electron chi connectivity index (χ2n) is 4.60. The number of carbonyl (C=O) groups excluding carboxylic acids is 1. The van der Waals surface area contributed by atoms with E-state index < -0.39 is 6.04 Å². The number of ether oxygens (including phenoxy) is 1. The molecule has 3 nitrogen and oxygen atoms in total. The van der Waals surface area contributed by atoms with Crippen molar-refractivity contribution in [2.45, 2.75) is 44.8 Å². The van der Waals surface area contributed by atoms with Gasteiger partial charge in [-0.25, -0.2) is 0 Å². The monoisotopic (exact) mass is 233 g/mol. The Labute approximate surface area is 102 Å². The van der Waals surface area contributed by atoms with Crippen molar-refractivity contribution >= 4 is 5.78 Å². The van der Waals surface area contributed by atoms with Gasteiger partial charge in [0.25, 0.3) is 0 Å². The van der Waals surface area contributed by atoms with Crippen LogP contribution in [0.25, 0.3) is 0 Å². The van der Waals surface area contributed by atoms with Crippen LogP contribution < -0.4 is 10.5 Å². The fourth-order valence-electron chi connectivity index (χ4n) is 1.76. The summed E-state index contributed by atoms with van der Waals surface area (Å²) in [5.41, 5.74) is 6.49. The van der Waals surface area contributed by atoms with E-state index in [9.17, 15) is 4.79 Å². The van der Waals surface area contributed by atoms with E-state index in [1.54, 1.807) is 12.1 Å². The molecule has 2 N–H and O–H groups in total. The molecule has 0 heterocycles. The maximum atomic E-state index is 12.0. The summed E-state index contributed by atoms with van der Waals surface area (Å²) in [6.07, 6.45) is 4.24. The second-order valence-corrected chi connectivity index (χ2v) is 4.60. The van der Waals surface area contributed by atoms with Crippen LogP contribution in [-0.2, 0) is 0 Å². The summed E-state index contributed by atoms with van der Waals surface area (Å²) in [5.74, 6) is 0.787. The molecule has 92 valence electrons. The summed E-state index contributed by atoms with van der Waals surface area (Å²) in [6.45, 7) is 2.03. The molecule has 0 radical (unpaired) electrons. The van der Waals surface area contributed by atoms with Crippen LogP contribution in [0.15, 0.2) is 24.3 Å². The molecule has 0 bridgehead atoms. The molecule has 2 rings (SSSR count). The Morgan fingerprint density at radius 1 is 1.53 bits per heavy atom. The average molecular weight is 233 g/mol. The van der Waals surface area contributed by atoms with Gasteiger partial charge in [0.05, 0.1) is 12.1 Å². The minimum atomic E-state index is -0.392. The molecule has 1 saturated carbocycles. The molecule has 17 heavy (non-hydrogen) atoms. The predicted molar refractivity (Wildman–Crippen MR) is 67.3 cm³/mol. The zero-order chi connectivity index (χ0) is 12.3. The summed E-state index contributed by atoms with van der Waals surface area (Å²) in [7, 11) is 0. The van der Waals surface area contributed by atoms with Gasteiger partial charge >= 0.3 is 0 Å². The molecule has 1 unspecified atom stereocenters. The fourth-order valence-corrected chi connectivity index (χ4v) is 1.76. The Morgan fingerprint density at radius 2 is 2.29 bits per heavy atom. The van der Waals surface area contributed by atoms with Gasteiger partial charge in [-0.2, -0.15) is 0 Å². The van der Waals surface area contributed by atoms with Gasteiger partial charge in [-0.3, -0.25) is 4.79 Å². The first-order valence-corrected chi connectivity index (χ1v) is 6.27. The number of benzene rings is 1. The maximum absolute atomic E-state index is 12.0. The number of hydrogen-bond donors (Lipinski definition) is 1. The van der Waals surface area contributed by atoms with Crippen LogP contribution >= 0.6 is 0 Å². The van der Waals surface area contributed by atoms with E-state index in [0.717, 1.165) is 31.4 Å². The number of hydrogen-bond acceptors (Lipinski definition) is 3. The summed E-state index contributed by atoms with van der Waals surface area (Å²) < 4.78 is 5.66. The van der Waals surface area contributed by atoms with Gasteiger partial charge in [-0.1, -0.05) is 25.5 Å². The van der Waals surface area contributed by atoms with Gasteiger partial charge in [0, 0.05) is 5.56 Å². The third-order valence-electron chi connectivity index (χ3n) is 2.88. The lowest BCUT2D eigenvalue weighted by molar-refractivity contribution is 0.0956. The van der Waals surface area contributed by atoms with E-state index in [4.69, 9.17) is 10.5 Å². The third-order valence-corrected chi connectivity index (χ3v) is 2.88. The highest BCUT2D eigenvalue weighted by Crippen LogP contribution is 2.27. The minimum Gasteiger partial charge on any atom is -0.490 e. The summed E-state index contributed by atoms with van der Waals surface area (Å²) in [6, 6.07) is 6.95. The molecular formula is C14H19NO2. The Morgan fingerprint density at radius 3 is 2.94 bits per heavy atom. The van der Waals surface area contributed by atoms with Crippen molar-refractivity contribution in [1.29, 1.82) is 0 Å². The van der Waals surface area contributed by atoms with E-state index in [1.807, 2.05) is 19.1 Å². The van der Waals surface area contributed by atoms with Gasteiger partial charge in [0.15, 0.2) is 5.78 Å². The van der Waals surface area contributed by atoms with Crippen LogP contribution in [0.2, 0.25) is 0 Å². The summed E-state index contributed by atoms with van der Waals surface area (Å²) >= 11 is 0. The van der Waals surface area contributed by atoms with Gasteiger partial charge in [0.1, 0.15) is 5.75 Å². The van der Waals surface area contributed by atoms with Crippen LogP contribution in [0.5, 0.6) is 5.75 Å². The van der Waals surface area contributed by atoms with Crippen molar-refractivity contribution in [2.75, 3.05) is 0 Å². The van der Waals surface area contributed by atoms with Crippen LogP contribution in [0.4, 0.5) is 0 Å². The number of carbonyl (C=O) groups is 1. The fraction of sp³-hybridized carbons (Fsp3) is 0.500. The average Bonchev–Trinajstić information content (AvgIpc) is 3.12. The normalized spacial score (nSPS) is 16.6. The van der Waals surface area contributed by atoms with Crippen LogP contribution in [0, 0.1) is 0 Å². The first-order chi connectivity index (χ1) is 8.20. The highest BCUT2D eigenvalue weighted by atomic mass is 16.5. The van der Waals surface area contributed by atoms with Gasteiger partial charge in [0.2, 0.25) is 0 Å². The molecule has 0 aromatic heterocycles. The first kappa shape index (κ1) is 12.1. The standard InChI is InChI=1S/C14H19NO2/c1-2-4-13(15)14(16)10-5-3-6-12(9-10)17-11-7-8-11/h3,5-6,9,11,13H,2,4,7-8,15H2,1H3. The molecule has 0 spiro atoms. The van der Waals surface area contributed by atoms with Crippen LogP contribution in [0.1, 0.15) is 43.0 Å². The zero-order valence-electron chi connectivity index (χ0n) is 10.2. The van der Waals surface area contributed by atoms with Crippen molar-refractivity contribution in [2.24, 2.45) is 5.73 Å². The lowest BCUT2D eigenvalue weighted by Crippen LogP contribution is -2.30. The number of Topliss-reactive ketones (excluding diaryl/α,β-unsaturated/α-hetero) is 1. The predicted octanol–water partition coefficient (Wildman–Crippen LogP) is 2.54. The SMILES string of the molecule is CCCC(N)C(=O)c1cccc(OC2CC2)c1. The highest BCUT2D eigenvalue weighted by molar-refractivity contribution is 6.00. The Kier molecular flexibility index (Phi) is 3.79. The molecule has 1 aliphatic carbocycles. The highest BCUT2D eigenvalue weighted by Gasteiger charge is 2.24. The Bertz CT molecular complexity index is 399. The van der Waals surface area contributed by atoms with Crippen LogP contribution in [-0.4, -0.2) is 17.9 Å². The van der Waals surface area contributed by atoms with Crippen LogP contribution in [0.3, 0.4) is 0 Å². The summed E-state index contributed by atoms with van der Waals surface area (Å²) in [4.78, 5) is 12.0. The van der Waals surface area contributed by atoms with E-state index in [2.05, 4.69) is 0 Å². The van der Waals surface area contributed by atoms with Crippen molar-refractivity contribution in [3.8, 4) is 5.75 Å². The number of nitrogens with two attached hydrogens (primary N) is 1. The third kappa shape index (κ3) is 3.30. The largest absolute Gasteiger partial charge is 0.490 e. The smallest absolute Gasteiger partial charge is 0.179 e. The number of ketones is 1.